The van der Waals surface area contributed by atoms with Crippen LogP contribution >= 0.6 is 0 Å². The van der Waals surface area contributed by atoms with Crippen LogP contribution in [-0.2, 0) is 8.23 Å². The van der Waals surface area contributed by atoms with Gasteiger partial charge >= 0.3 is 8.56 Å². The zero-order chi connectivity index (χ0) is 13.1. The van der Waals surface area contributed by atoms with Gasteiger partial charge in [0.25, 0.3) is 0 Å². The Bertz CT molecular complexity index is 350. The van der Waals surface area contributed by atoms with E-state index in [1.165, 1.54) is 5.19 Å². The summed E-state index contributed by atoms with van der Waals surface area (Å²) in [6.45, 7) is 13.2. The molecule has 1 aromatic carbocycles. The standard InChI is InChI=1S/C12H24O2Si3/c1-15(2)13-17(5,6)14-16(3,4)12-10-8-7-9-11-12/h7-11,15H,1-6H3. The van der Waals surface area contributed by atoms with E-state index in [9.17, 15) is 0 Å². The van der Waals surface area contributed by atoms with E-state index in [2.05, 4.69) is 63.5 Å². The molecule has 0 aliphatic carbocycles. The molecule has 0 saturated carbocycles. The molecular formula is C12H24O2Si3. The Labute approximate surface area is 109 Å². The zero-order valence-electron chi connectivity index (χ0n) is 11.8. The SMILES string of the molecule is C[SiH](C)O[Si](C)(C)O[Si](C)(C)c1ccccc1. The molecule has 0 fully saturated rings. The van der Waals surface area contributed by atoms with Gasteiger partial charge in [0.1, 0.15) is 0 Å². The largest absolute Gasteiger partial charge is 0.440 e. The lowest BCUT2D eigenvalue weighted by molar-refractivity contribution is 0.408. The highest BCUT2D eigenvalue weighted by Gasteiger charge is 2.36. The van der Waals surface area contributed by atoms with Crippen LogP contribution in [0.25, 0.3) is 0 Å². The van der Waals surface area contributed by atoms with Crippen LogP contribution in [-0.4, -0.2) is 25.9 Å². The Hall–Kier alpha value is -0.209. The number of hydrogen-bond acceptors (Lipinski definition) is 2. The first-order valence-corrected chi connectivity index (χ1v) is 14.7. The molecular weight excluding hydrogens is 260 g/mol. The smallest absolute Gasteiger partial charge is 0.311 e. The van der Waals surface area contributed by atoms with Gasteiger partial charge in [0.15, 0.2) is 9.04 Å². The van der Waals surface area contributed by atoms with Crippen molar-refractivity contribution in [2.24, 2.45) is 0 Å². The summed E-state index contributed by atoms with van der Waals surface area (Å²) in [5, 5.41) is 1.34. The van der Waals surface area contributed by atoms with Crippen molar-refractivity contribution in [3.63, 3.8) is 0 Å². The normalized spacial score (nSPS) is 13.1. The van der Waals surface area contributed by atoms with Gasteiger partial charge in [-0.1, -0.05) is 30.3 Å². The average molecular weight is 285 g/mol. The minimum absolute atomic E-state index is 1.02. The van der Waals surface area contributed by atoms with Gasteiger partial charge in [0.2, 0.25) is 8.32 Å². The van der Waals surface area contributed by atoms with Crippen molar-refractivity contribution in [3.8, 4) is 0 Å². The molecule has 0 saturated heterocycles. The van der Waals surface area contributed by atoms with Crippen LogP contribution in [0.1, 0.15) is 0 Å². The Kier molecular flexibility index (Phi) is 4.91. The third-order valence-electron chi connectivity index (χ3n) is 2.49. The molecule has 2 nitrogen and oxygen atoms in total. The van der Waals surface area contributed by atoms with Gasteiger partial charge in [-0.05, 0) is 44.5 Å². The van der Waals surface area contributed by atoms with Gasteiger partial charge in [0.05, 0.1) is 0 Å². The Morgan fingerprint density at radius 1 is 0.941 bits per heavy atom. The maximum atomic E-state index is 6.41. The van der Waals surface area contributed by atoms with Crippen molar-refractivity contribution in [1.82, 2.24) is 0 Å². The molecule has 5 heteroatoms. The summed E-state index contributed by atoms with van der Waals surface area (Å²) < 4.78 is 12.5. The first kappa shape index (κ1) is 14.9. The van der Waals surface area contributed by atoms with Crippen molar-refractivity contribution in [2.45, 2.75) is 39.3 Å². The highest BCUT2D eigenvalue weighted by molar-refractivity contribution is 6.91. The third kappa shape index (κ3) is 4.89. The Morgan fingerprint density at radius 3 is 1.94 bits per heavy atom. The zero-order valence-corrected chi connectivity index (χ0v) is 14.9. The summed E-state index contributed by atoms with van der Waals surface area (Å²) >= 11 is 0. The van der Waals surface area contributed by atoms with Crippen LogP contribution in [0.15, 0.2) is 30.3 Å². The van der Waals surface area contributed by atoms with E-state index in [1.54, 1.807) is 0 Å². The minimum atomic E-state index is -1.96. The average Bonchev–Trinajstić information content (AvgIpc) is 2.15. The van der Waals surface area contributed by atoms with E-state index in [0.29, 0.717) is 0 Å². The van der Waals surface area contributed by atoms with Crippen LogP contribution in [0.4, 0.5) is 0 Å². The summed E-state index contributed by atoms with van der Waals surface area (Å²) in [6, 6.07) is 10.6. The lowest BCUT2D eigenvalue weighted by Crippen LogP contribution is -2.54. The molecule has 0 N–H and O–H groups in total. The van der Waals surface area contributed by atoms with Crippen LogP contribution < -0.4 is 5.19 Å². The van der Waals surface area contributed by atoms with E-state index in [0.717, 1.165) is 0 Å². The second kappa shape index (κ2) is 5.62. The third-order valence-corrected chi connectivity index (χ3v) is 12.4. The van der Waals surface area contributed by atoms with Gasteiger partial charge < -0.3 is 8.23 Å². The summed E-state index contributed by atoms with van der Waals surface area (Å²) in [4.78, 5) is 0. The fraction of sp³-hybridized carbons (Fsp3) is 0.500. The van der Waals surface area contributed by atoms with Crippen molar-refractivity contribution in [1.29, 1.82) is 0 Å². The molecule has 0 aromatic heterocycles. The summed E-state index contributed by atoms with van der Waals surface area (Å²) in [5.74, 6) is 0. The molecule has 1 aromatic rings. The van der Waals surface area contributed by atoms with Crippen LogP contribution in [0.5, 0.6) is 0 Å². The van der Waals surface area contributed by atoms with Crippen LogP contribution in [0.3, 0.4) is 0 Å². The molecule has 0 bridgehead atoms. The summed E-state index contributed by atoms with van der Waals surface area (Å²) in [5.41, 5.74) is 0. The lowest BCUT2D eigenvalue weighted by Gasteiger charge is -2.34. The van der Waals surface area contributed by atoms with Gasteiger partial charge in [0, 0.05) is 0 Å². The molecule has 96 valence electrons. The fourth-order valence-electron chi connectivity index (χ4n) is 2.10. The van der Waals surface area contributed by atoms with Crippen molar-refractivity contribution in [3.05, 3.63) is 30.3 Å². The predicted octanol–water partition coefficient (Wildman–Crippen LogP) is 2.82. The van der Waals surface area contributed by atoms with Gasteiger partial charge in [-0.2, -0.15) is 0 Å². The van der Waals surface area contributed by atoms with E-state index < -0.39 is 25.9 Å². The number of benzene rings is 1. The van der Waals surface area contributed by atoms with E-state index >= 15 is 0 Å². The molecule has 0 aliphatic rings. The van der Waals surface area contributed by atoms with Crippen LogP contribution in [0, 0.1) is 0 Å². The molecule has 0 unspecified atom stereocenters. The lowest BCUT2D eigenvalue weighted by atomic mass is 10.4. The fourth-order valence-corrected chi connectivity index (χ4v) is 13.7. The topological polar surface area (TPSA) is 18.5 Å². The number of hydrogen-bond donors (Lipinski definition) is 0. The molecule has 0 amide bonds. The summed E-state index contributed by atoms with van der Waals surface area (Å²) in [7, 11) is -4.80. The van der Waals surface area contributed by atoms with Crippen molar-refractivity contribution < 1.29 is 8.23 Å². The highest BCUT2D eigenvalue weighted by Crippen LogP contribution is 2.16. The molecule has 0 aliphatic heterocycles. The van der Waals surface area contributed by atoms with Gasteiger partial charge in [-0.3, -0.25) is 0 Å². The van der Waals surface area contributed by atoms with E-state index in [-0.39, 0.29) is 0 Å². The van der Waals surface area contributed by atoms with Crippen LogP contribution in [0.2, 0.25) is 39.3 Å². The summed E-state index contributed by atoms with van der Waals surface area (Å²) in [6.07, 6.45) is 0. The first-order valence-electron chi connectivity index (χ1n) is 6.16. The molecule has 0 heterocycles. The number of rotatable bonds is 5. The maximum Gasteiger partial charge on any atom is 0.311 e. The minimum Gasteiger partial charge on any atom is -0.440 e. The molecule has 0 radical (unpaired) electrons. The molecule has 0 spiro atoms. The van der Waals surface area contributed by atoms with Crippen molar-refractivity contribution >= 4 is 31.1 Å². The second-order valence-corrected chi connectivity index (χ2v) is 15.8. The highest BCUT2D eigenvalue weighted by atomic mass is 28.5. The molecule has 1 rings (SSSR count). The first-order chi connectivity index (χ1) is 7.73. The maximum absolute atomic E-state index is 6.41. The molecule has 17 heavy (non-hydrogen) atoms. The monoisotopic (exact) mass is 284 g/mol. The van der Waals surface area contributed by atoms with Crippen molar-refractivity contribution in [2.75, 3.05) is 0 Å². The van der Waals surface area contributed by atoms with E-state index in [4.69, 9.17) is 8.23 Å². The van der Waals surface area contributed by atoms with Gasteiger partial charge in [-0.15, -0.1) is 0 Å². The second-order valence-electron chi connectivity index (χ2n) is 5.54. The van der Waals surface area contributed by atoms with Gasteiger partial charge in [-0.25, -0.2) is 0 Å². The quantitative estimate of drug-likeness (QED) is 0.774. The Morgan fingerprint density at radius 2 is 1.47 bits per heavy atom. The van der Waals surface area contributed by atoms with E-state index in [1.807, 2.05) is 6.07 Å². The molecule has 0 atom stereocenters. The predicted molar refractivity (Wildman–Crippen MR) is 82.1 cm³/mol. The Balaban J connectivity index is 2.79.